The maximum Gasteiger partial charge on any atom is 0.293 e. The number of methoxy groups -OCH3 is 2. The van der Waals surface area contributed by atoms with Gasteiger partial charge in [0.2, 0.25) is 0 Å². The van der Waals surface area contributed by atoms with Gasteiger partial charge in [0, 0.05) is 49.9 Å². The lowest BCUT2D eigenvalue weighted by atomic mass is 10.1. The third-order valence-electron chi connectivity index (χ3n) is 5.11. The Morgan fingerprint density at radius 2 is 1.86 bits per heavy atom. The standard InChI is InChI=1S/C21H25N3O5/c1-22(14-16-6-8-17(28-2)13-20(16)29-3)21(25)15-7-9-18(19(12-15)24(26)27)23-10-4-5-11-23/h6-9,12-13H,4-5,10-11,14H2,1-3H3. The van der Waals surface area contributed by atoms with Crippen LogP contribution in [-0.4, -0.2) is 50.1 Å². The summed E-state index contributed by atoms with van der Waals surface area (Å²) in [4.78, 5) is 27.6. The molecule has 1 aliphatic rings. The Hall–Kier alpha value is -3.29. The van der Waals surface area contributed by atoms with Gasteiger partial charge in [0.15, 0.2) is 0 Å². The van der Waals surface area contributed by atoms with Crippen LogP contribution in [0.15, 0.2) is 36.4 Å². The van der Waals surface area contributed by atoms with Crippen molar-refractivity contribution in [2.45, 2.75) is 19.4 Å². The van der Waals surface area contributed by atoms with Gasteiger partial charge in [-0.25, -0.2) is 0 Å². The first-order valence-electron chi connectivity index (χ1n) is 9.44. The first kappa shape index (κ1) is 20.4. The van der Waals surface area contributed by atoms with Gasteiger partial charge >= 0.3 is 0 Å². The molecule has 0 bridgehead atoms. The van der Waals surface area contributed by atoms with E-state index in [9.17, 15) is 14.9 Å². The van der Waals surface area contributed by atoms with E-state index in [2.05, 4.69) is 0 Å². The number of nitro groups is 1. The summed E-state index contributed by atoms with van der Waals surface area (Å²) in [6.45, 7) is 1.89. The monoisotopic (exact) mass is 399 g/mol. The van der Waals surface area contributed by atoms with Gasteiger partial charge in [-0.2, -0.15) is 0 Å². The largest absolute Gasteiger partial charge is 0.497 e. The van der Waals surface area contributed by atoms with Crippen LogP contribution in [0.4, 0.5) is 11.4 Å². The second-order valence-electron chi connectivity index (χ2n) is 6.99. The van der Waals surface area contributed by atoms with E-state index in [-0.39, 0.29) is 17.2 Å². The number of nitrogens with zero attached hydrogens (tertiary/aromatic N) is 3. The molecule has 0 saturated carbocycles. The summed E-state index contributed by atoms with van der Waals surface area (Å²) in [6, 6.07) is 10.1. The third kappa shape index (κ3) is 4.42. The quantitative estimate of drug-likeness (QED) is 0.523. The first-order valence-corrected chi connectivity index (χ1v) is 9.44. The molecule has 29 heavy (non-hydrogen) atoms. The molecule has 0 radical (unpaired) electrons. The van der Waals surface area contributed by atoms with E-state index in [1.54, 1.807) is 45.5 Å². The number of hydrogen-bond acceptors (Lipinski definition) is 6. The molecule has 1 fully saturated rings. The second-order valence-corrected chi connectivity index (χ2v) is 6.99. The Balaban J connectivity index is 1.82. The molecule has 2 aromatic rings. The topological polar surface area (TPSA) is 85.2 Å². The van der Waals surface area contributed by atoms with E-state index in [0.29, 0.717) is 23.7 Å². The Morgan fingerprint density at radius 3 is 2.48 bits per heavy atom. The molecule has 0 unspecified atom stereocenters. The number of amides is 1. The summed E-state index contributed by atoms with van der Waals surface area (Å²) in [7, 11) is 4.79. The van der Waals surface area contributed by atoms with Crippen LogP contribution in [0, 0.1) is 10.1 Å². The van der Waals surface area contributed by atoms with Crippen molar-refractivity contribution < 1.29 is 19.2 Å². The summed E-state index contributed by atoms with van der Waals surface area (Å²) in [5.41, 5.74) is 1.64. The fourth-order valence-electron chi connectivity index (χ4n) is 3.56. The fourth-order valence-corrected chi connectivity index (χ4v) is 3.56. The molecule has 0 aliphatic carbocycles. The van der Waals surface area contributed by atoms with Crippen LogP contribution in [0.3, 0.4) is 0 Å². The molecule has 0 N–H and O–H groups in total. The molecule has 0 atom stereocenters. The van der Waals surface area contributed by atoms with E-state index in [0.717, 1.165) is 31.5 Å². The van der Waals surface area contributed by atoms with Crippen molar-refractivity contribution >= 4 is 17.3 Å². The molecule has 0 spiro atoms. The van der Waals surface area contributed by atoms with Crippen molar-refractivity contribution in [1.29, 1.82) is 0 Å². The summed E-state index contributed by atoms with van der Waals surface area (Å²) in [5.74, 6) is 0.978. The Bertz CT molecular complexity index is 909. The maximum atomic E-state index is 12.9. The highest BCUT2D eigenvalue weighted by atomic mass is 16.6. The zero-order valence-corrected chi connectivity index (χ0v) is 16.9. The molecular weight excluding hydrogens is 374 g/mol. The van der Waals surface area contributed by atoms with E-state index >= 15 is 0 Å². The van der Waals surface area contributed by atoms with Crippen molar-refractivity contribution in [2.75, 3.05) is 39.3 Å². The summed E-state index contributed by atoms with van der Waals surface area (Å²) >= 11 is 0. The number of benzene rings is 2. The van der Waals surface area contributed by atoms with Crippen LogP contribution < -0.4 is 14.4 Å². The summed E-state index contributed by atoms with van der Waals surface area (Å²) in [6.07, 6.45) is 2.04. The molecule has 2 aromatic carbocycles. The highest BCUT2D eigenvalue weighted by Gasteiger charge is 2.25. The third-order valence-corrected chi connectivity index (χ3v) is 5.11. The molecule has 8 heteroatoms. The normalized spacial score (nSPS) is 13.3. The van der Waals surface area contributed by atoms with Crippen LogP contribution >= 0.6 is 0 Å². The van der Waals surface area contributed by atoms with Crippen LogP contribution in [0.1, 0.15) is 28.8 Å². The van der Waals surface area contributed by atoms with E-state index in [4.69, 9.17) is 9.47 Å². The number of hydrogen-bond donors (Lipinski definition) is 0. The van der Waals surface area contributed by atoms with Crippen LogP contribution in [0.5, 0.6) is 11.5 Å². The number of nitro benzene ring substituents is 1. The molecule has 154 valence electrons. The lowest BCUT2D eigenvalue weighted by Gasteiger charge is -2.21. The van der Waals surface area contributed by atoms with E-state index in [1.807, 2.05) is 11.0 Å². The molecule has 0 aromatic heterocycles. The van der Waals surface area contributed by atoms with Crippen molar-refractivity contribution in [2.24, 2.45) is 0 Å². The first-order chi connectivity index (χ1) is 13.9. The van der Waals surface area contributed by atoms with Crippen molar-refractivity contribution in [3.8, 4) is 11.5 Å². The summed E-state index contributed by atoms with van der Waals surface area (Å²) < 4.78 is 10.6. The van der Waals surface area contributed by atoms with E-state index in [1.165, 1.54) is 11.0 Å². The lowest BCUT2D eigenvalue weighted by molar-refractivity contribution is -0.384. The molecular formula is C21H25N3O5. The van der Waals surface area contributed by atoms with Gasteiger partial charge in [-0.15, -0.1) is 0 Å². The van der Waals surface area contributed by atoms with Crippen LogP contribution in [0.25, 0.3) is 0 Å². The number of ether oxygens (including phenoxy) is 2. The van der Waals surface area contributed by atoms with Gasteiger partial charge in [0.05, 0.1) is 19.1 Å². The van der Waals surface area contributed by atoms with Gasteiger partial charge in [0.1, 0.15) is 17.2 Å². The number of anilines is 1. The Labute approximate surface area is 169 Å². The Morgan fingerprint density at radius 1 is 1.14 bits per heavy atom. The minimum Gasteiger partial charge on any atom is -0.497 e. The molecule has 1 saturated heterocycles. The van der Waals surface area contributed by atoms with Gasteiger partial charge in [-0.1, -0.05) is 0 Å². The molecule has 8 nitrogen and oxygen atoms in total. The minimum absolute atomic E-state index is 0.0341. The smallest absolute Gasteiger partial charge is 0.293 e. The van der Waals surface area contributed by atoms with Crippen molar-refractivity contribution in [3.05, 3.63) is 57.6 Å². The van der Waals surface area contributed by atoms with Gasteiger partial charge in [-0.05, 0) is 37.1 Å². The number of carbonyl (C=O) groups is 1. The van der Waals surface area contributed by atoms with Crippen LogP contribution in [-0.2, 0) is 6.54 Å². The van der Waals surface area contributed by atoms with Gasteiger partial charge < -0.3 is 19.3 Å². The number of carbonyl (C=O) groups excluding carboxylic acids is 1. The highest BCUT2D eigenvalue weighted by molar-refractivity contribution is 5.95. The van der Waals surface area contributed by atoms with Crippen molar-refractivity contribution in [3.63, 3.8) is 0 Å². The fraction of sp³-hybridized carbons (Fsp3) is 0.381. The molecule has 1 amide bonds. The zero-order valence-electron chi connectivity index (χ0n) is 16.9. The van der Waals surface area contributed by atoms with Gasteiger partial charge in [-0.3, -0.25) is 14.9 Å². The van der Waals surface area contributed by atoms with Crippen LogP contribution in [0.2, 0.25) is 0 Å². The number of rotatable bonds is 7. The molecule has 1 heterocycles. The SMILES string of the molecule is COc1ccc(CN(C)C(=O)c2ccc(N3CCCC3)c([N+](=O)[O-])c2)c(OC)c1. The maximum absolute atomic E-state index is 12.9. The second kappa shape index (κ2) is 8.81. The highest BCUT2D eigenvalue weighted by Crippen LogP contribution is 2.32. The molecule has 3 rings (SSSR count). The predicted octanol–water partition coefficient (Wildman–Crippen LogP) is 3.48. The summed E-state index contributed by atoms with van der Waals surface area (Å²) in [5, 5.41) is 11.6. The Kier molecular flexibility index (Phi) is 6.21. The predicted molar refractivity (Wildman–Crippen MR) is 110 cm³/mol. The van der Waals surface area contributed by atoms with Gasteiger partial charge in [0.25, 0.3) is 11.6 Å². The average Bonchev–Trinajstić information content (AvgIpc) is 3.27. The van der Waals surface area contributed by atoms with E-state index < -0.39 is 4.92 Å². The lowest BCUT2D eigenvalue weighted by Crippen LogP contribution is -2.27. The zero-order chi connectivity index (χ0) is 21.0. The van der Waals surface area contributed by atoms with Crippen molar-refractivity contribution in [1.82, 2.24) is 4.90 Å². The molecule has 1 aliphatic heterocycles. The average molecular weight is 399 g/mol. The minimum atomic E-state index is -0.420.